The maximum Gasteiger partial charge on any atom is 0.321 e. The van der Waals surface area contributed by atoms with Crippen molar-refractivity contribution in [2.45, 2.75) is 18.9 Å². The summed E-state index contributed by atoms with van der Waals surface area (Å²) in [6, 6.07) is 6.55. The van der Waals surface area contributed by atoms with Gasteiger partial charge in [0.15, 0.2) is 0 Å². The van der Waals surface area contributed by atoms with Gasteiger partial charge in [-0.3, -0.25) is 10.1 Å². The Bertz CT molecular complexity index is 568. The van der Waals surface area contributed by atoms with Crippen LogP contribution in [0.2, 0.25) is 0 Å². The second kappa shape index (κ2) is 6.36. The minimum atomic E-state index is -0.448. The van der Waals surface area contributed by atoms with Crippen molar-refractivity contribution in [1.82, 2.24) is 15.5 Å². The number of amides is 3. The molecule has 0 radical (unpaired) electrons. The predicted octanol–water partition coefficient (Wildman–Crippen LogP) is 1.23. The number of hydrogen-bond acceptors (Lipinski definition) is 4. The highest BCUT2D eigenvalue weighted by molar-refractivity contribution is 6.05. The van der Waals surface area contributed by atoms with Gasteiger partial charge in [-0.2, -0.15) is 0 Å². The summed E-state index contributed by atoms with van der Waals surface area (Å²) in [6.07, 6.45) is 2.23. The second-order valence-electron chi connectivity index (χ2n) is 5.87. The van der Waals surface area contributed by atoms with Crippen molar-refractivity contribution in [3.8, 4) is 5.75 Å². The SMILES string of the molecule is COc1ccccc1C(=O)NC(=O)N[C@H]1CN2CCC1CC2. The summed E-state index contributed by atoms with van der Waals surface area (Å²) in [6.45, 7) is 3.11. The van der Waals surface area contributed by atoms with E-state index in [1.165, 1.54) is 7.11 Å². The average molecular weight is 303 g/mol. The lowest BCUT2D eigenvalue weighted by atomic mass is 9.84. The van der Waals surface area contributed by atoms with E-state index >= 15 is 0 Å². The number of piperidine rings is 3. The molecule has 3 aliphatic heterocycles. The highest BCUT2D eigenvalue weighted by atomic mass is 16.5. The first-order valence-electron chi connectivity index (χ1n) is 7.64. The van der Waals surface area contributed by atoms with Crippen molar-refractivity contribution in [2.75, 3.05) is 26.7 Å². The van der Waals surface area contributed by atoms with Gasteiger partial charge in [0.05, 0.1) is 12.7 Å². The Morgan fingerprint density at radius 1 is 1.23 bits per heavy atom. The Morgan fingerprint density at radius 3 is 2.59 bits per heavy atom. The van der Waals surface area contributed by atoms with Gasteiger partial charge in [-0.25, -0.2) is 4.79 Å². The lowest BCUT2D eigenvalue weighted by Crippen LogP contribution is -2.59. The quantitative estimate of drug-likeness (QED) is 0.881. The van der Waals surface area contributed by atoms with Crippen LogP contribution in [0.15, 0.2) is 24.3 Å². The molecule has 0 saturated carbocycles. The van der Waals surface area contributed by atoms with E-state index in [2.05, 4.69) is 15.5 Å². The van der Waals surface area contributed by atoms with E-state index in [0.29, 0.717) is 17.2 Å². The molecule has 6 heteroatoms. The normalized spacial score (nSPS) is 26.3. The molecule has 3 heterocycles. The second-order valence-corrected chi connectivity index (χ2v) is 5.87. The summed E-state index contributed by atoms with van der Waals surface area (Å²) in [4.78, 5) is 26.6. The largest absolute Gasteiger partial charge is 0.496 e. The number of carbonyl (C=O) groups excluding carboxylic acids is 2. The molecule has 4 rings (SSSR count). The number of carbonyl (C=O) groups is 2. The monoisotopic (exact) mass is 303 g/mol. The summed E-state index contributed by atoms with van der Waals surface area (Å²) in [5, 5.41) is 5.33. The zero-order chi connectivity index (χ0) is 15.5. The Labute approximate surface area is 129 Å². The molecule has 3 fully saturated rings. The highest BCUT2D eigenvalue weighted by Crippen LogP contribution is 2.27. The van der Waals surface area contributed by atoms with Crippen molar-refractivity contribution in [2.24, 2.45) is 5.92 Å². The number of nitrogens with one attached hydrogen (secondary N) is 2. The van der Waals surface area contributed by atoms with Gasteiger partial charge in [0.2, 0.25) is 0 Å². The van der Waals surface area contributed by atoms with Crippen LogP contribution in [0.3, 0.4) is 0 Å². The van der Waals surface area contributed by atoms with Crippen molar-refractivity contribution in [3.05, 3.63) is 29.8 Å². The van der Waals surface area contributed by atoms with Gasteiger partial charge in [0.1, 0.15) is 5.75 Å². The number of imide groups is 1. The molecule has 0 unspecified atom stereocenters. The Hall–Kier alpha value is -2.08. The number of ether oxygens (including phenoxy) is 1. The van der Waals surface area contributed by atoms with Gasteiger partial charge in [-0.15, -0.1) is 0 Å². The predicted molar refractivity (Wildman–Crippen MR) is 81.9 cm³/mol. The van der Waals surface area contributed by atoms with Gasteiger partial charge in [0, 0.05) is 12.6 Å². The van der Waals surface area contributed by atoms with Gasteiger partial charge < -0.3 is 15.0 Å². The first-order valence-corrected chi connectivity index (χ1v) is 7.64. The third-order valence-electron chi connectivity index (χ3n) is 4.55. The van der Waals surface area contributed by atoms with Crippen LogP contribution in [0.25, 0.3) is 0 Å². The minimum Gasteiger partial charge on any atom is -0.496 e. The lowest BCUT2D eigenvalue weighted by molar-refractivity contribution is 0.0757. The maximum absolute atomic E-state index is 12.2. The summed E-state index contributed by atoms with van der Waals surface area (Å²) < 4.78 is 5.14. The number of nitrogens with zero attached hydrogens (tertiary/aromatic N) is 1. The fourth-order valence-electron chi connectivity index (χ4n) is 3.34. The number of benzene rings is 1. The number of rotatable bonds is 3. The first kappa shape index (κ1) is 14.8. The molecule has 1 aromatic rings. The average Bonchev–Trinajstić information content (AvgIpc) is 2.55. The molecule has 6 nitrogen and oxygen atoms in total. The third kappa shape index (κ3) is 3.06. The summed E-state index contributed by atoms with van der Waals surface area (Å²) >= 11 is 0. The fourth-order valence-corrected chi connectivity index (χ4v) is 3.34. The summed E-state index contributed by atoms with van der Waals surface area (Å²) in [5.41, 5.74) is 0.356. The van der Waals surface area contributed by atoms with Gasteiger partial charge >= 0.3 is 6.03 Å². The number of hydrogen-bond donors (Lipinski definition) is 2. The van der Waals surface area contributed by atoms with Crippen LogP contribution in [0.4, 0.5) is 4.79 Å². The smallest absolute Gasteiger partial charge is 0.321 e. The molecule has 0 aromatic heterocycles. The summed E-state index contributed by atoms with van der Waals surface area (Å²) in [7, 11) is 1.50. The van der Waals surface area contributed by atoms with Crippen LogP contribution in [0.5, 0.6) is 5.75 Å². The highest BCUT2D eigenvalue weighted by Gasteiger charge is 2.35. The standard InChI is InChI=1S/C16H21N3O3/c1-22-14-5-3-2-4-12(14)15(20)18-16(21)17-13-10-19-8-6-11(13)7-9-19/h2-5,11,13H,6-10H2,1H3,(H2,17,18,20,21)/t13-/m0/s1. The molecular formula is C16H21N3O3. The number of fused-ring (bicyclic) bond motifs is 3. The van der Waals surface area contributed by atoms with E-state index in [9.17, 15) is 9.59 Å². The molecule has 0 spiro atoms. The zero-order valence-electron chi connectivity index (χ0n) is 12.7. The topological polar surface area (TPSA) is 70.7 Å². The Morgan fingerprint density at radius 2 is 1.95 bits per heavy atom. The zero-order valence-corrected chi connectivity index (χ0v) is 12.7. The van der Waals surface area contributed by atoms with Crippen LogP contribution in [-0.4, -0.2) is 49.6 Å². The first-order chi connectivity index (χ1) is 10.7. The molecular weight excluding hydrogens is 282 g/mol. The molecule has 3 saturated heterocycles. The van der Waals surface area contributed by atoms with Crippen molar-refractivity contribution in [3.63, 3.8) is 0 Å². The molecule has 3 amide bonds. The Balaban J connectivity index is 1.58. The van der Waals surface area contributed by atoms with Crippen LogP contribution in [-0.2, 0) is 0 Å². The molecule has 1 aromatic carbocycles. The summed E-state index contributed by atoms with van der Waals surface area (Å²) in [5.74, 6) is 0.531. The van der Waals surface area contributed by atoms with Crippen molar-refractivity contribution in [1.29, 1.82) is 0 Å². The fraction of sp³-hybridized carbons (Fsp3) is 0.500. The van der Waals surface area contributed by atoms with Crippen LogP contribution in [0, 0.1) is 5.92 Å². The number of methoxy groups -OCH3 is 1. The van der Waals surface area contributed by atoms with Gasteiger partial charge in [-0.1, -0.05) is 12.1 Å². The van der Waals surface area contributed by atoms with E-state index in [0.717, 1.165) is 32.5 Å². The number of para-hydroxylation sites is 1. The minimum absolute atomic E-state index is 0.132. The third-order valence-corrected chi connectivity index (χ3v) is 4.55. The molecule has 22 heavy (non-hydrogen) atoms. The van der Waals surface area contributed by atoms with E-state index in [4.69, 9.17) is 4.74 Å². The van der Waals surface area contributed by atoms with Gasteiger partial charge in [-0.05, 0) is 44.0 Å². The molecule has 0 aliphatic carbocycles. The van der Waals surface area contributed by atoms with Crippen LogP contribution < -0.4 is 15.4 Å². The van der Waals surface area contributed by atoms with Crippen molar-refractivity contribution >= 4 is 11.9 Å². The molecule has 2 N–H and O–H groups in total. The molecule has 1 atom stereocenters. The van der Waals surface area contributed by atoms with E-state index in [-0.39, 0.29) is 6.04 Å². The van der Waals surface area contributed by atoms with Gasteiger partial charge in [0.25, 0.3) is 5.91 Å². The molecule has 2 bridgehead atoms. The van der Waals surface area contributed by atoms with Crippen LogP contribution in [0.1, 0.15) is 23.2 Å². The Kier molecular flexibility index (Phi) is 4.29. The maximum atomic E-state index is 12.2. The van der Waals surface area contributed by atoms with Crippen LogP contribution >= 0.6 is 0 Å². The molecule has 118 valence electrons. The van der Waals surface area contributed by atoms with E-state index in [1.54, 1.807) is 24.3 Å². The van der Waals surface area contributed by atoms with E-state index in [1.807, 2.05) is 0 Å². The van der Waals surface area contributed by atoms with Crippen molar-refractivity contribution < 1.29 is 14.3 Å². The van der Waals surface area contributed by atoms with E-state index < -0.39 is 11.9 Å². The molecule has 3 aliphatic rings. The number of urea groups is 1. The lowest BCUT2D eigenvalue weighted by Gasteiger charge is -2.44.